The van der Waals surface area contributed by atoms with Crippen LogP contribution in [-0.2, 0) is 20.9 Å². The molecule has 0 aliphatic heterocycles. The van der Waals surface area contributed by atoms with E-state index in [1.165, 1.54) is 4.90 Å². The molecule has 1 amide bonds. The molecule has 1 rings (SSSR count). The third-order valence-electron chi connectivity index (χ3n) is 4.52. The Kier molecular flexibility index (Phi) is 11.6. The van der Waals surface area contributed by atoms with Crippen molar-refractivity contribution in [3.8, 4) is 0 Å². The fourth-order valence-corrected chi connectivity index (χ4v) is 3.01. The normalized spacial score (nSPS) is 12.9. The first kappa shape index (κ1) is 23.3. The molecule has 0 aromatic heterocycles. The summed E-state index contributed by atoms with van der Waals surface area (Å²) in [6, 6.07) is 8.86. The molecule has 152 valence electrons. The molecule has 27 heavy (non-hydrogen) atoms. The Bertz CT molecular complexity index is 552. The van der Waals surface area contributed by atoms with E-state index in [0.29, 0.717) is 12.4 Å². The second-order valence-electron chi connectivity index (χ2n) is 6.57. The van der Waals surface area contributed by atoms with Gasteiger partial charge in [0.1, 0.15) is 12.6 Å². The van der Waals surface area contributed by atoms with E-state index >= 15 is 0 Å². The van der Waals surface area contributed by atoms with E-state index in [1.54, 1.807) is 6.92 Å². The summed E-state index contributed by atoms with van der Waals surface area (Å²) in [5.41, 5.74) is 0.907. The number of hydrogen-bond acceptors (Lipinski definition) is 4. The van der Waals surface area contributed by atoms with Crippen molar-refractivity contribution in [2.24, 2.45) is 5.92 Å². The number of nitrogens with zero attached hydrogens (tertiary/aromatic N) is 1. The number of halogens is 1. The van der Waals surface area contributed by atoms with Crippen LogP contribution in [0.25, 0.3) is 0 Å². The molecule has 0 fully saturated rings. The molecule has 6 heteroatoms. The van der Waals surface area contributed by atoms with Crippen LogP contribution in [0.2, 0.25) is 0 Å². The SMILES string of the molecule is CCOC(=O)[C@H]([C@@H](C)CC)N(CCCCCCl)C(=O)OCc1ccccc1. The van der Waals surface area contributed by atoms with E-state index in [9.17, 15) is 9.59 Å². The van der Waals surface area contributed by atoms with Crippen LogP contribution in [0.3, 0.4) is 0 Å². The first-order chi connectivity index (χ1) is 13.0. The summed E-state index contributed by atoms with van der Waals surface area (Å²) >= 11 is 5.74. The van der Waals surface area contributed by atoms with E-state index in [1.807, 2.05) is 44.2 Å². The van der Waals surface area contributed by atoms with Gasteiger partial charge in [-0.15, -0.1) is 11.6 Å². The van der Waals surface area contributed by atoms with E-state index in [0.717, 1.165) is 31.2 Å². The molecule has 2 atom stereocenters. The Morgan fingerprint density at radius 3 is 2.37 bits per heavy atom. The van der Waals surface area contributed by atoms with Gasteiger partial charge in [0.25, 0.3) is 0 Å². The first-order valence-electron chi connectivity index (χ1n) is 9.75. The van der Waals surface area contributed by atoms with Gasteiger partial charge in [0.05, 0.1) is 6.61 Å². The van der Waals surface area contributed by atoms with Gasteiger partial charge in [0, 0.05) is 12.4 Å². The van der Waals surface area contributed by atoms with E-state index < -0.39 is 12.1 Å². The van der Waals surface area contributed by atoms with Gasteiger partial charge < -0.3 is 9.47 Å². The number of esters is 1. The fourth-order valence-electron chi connectivity index (χ4n) is 2.82. The molecule has 0 spiro atoms. The fraction of sp³-hybridized carbons (Fsp3) is 0.619. The van der Waals surface area contributed by atoms with Crippen molar-refractivity contribution in [1.29, 1.82) is 0 Å². The molecule has 0 saturated heterocycles. The lowest BCUT2D eigenvalue weighted by Gasteiger charge is -2.33. The molecule has 0 N–H and O–H groups in total. The number of carbonyl (C=O) groups excluding carboxylic acids is 2. The lowest BCUT2D eigenvalue weighted by Crippen LogP contribution is -2.50. The van der Waals surface area contributed by atoms with Crippen molar-refractivity contribution in [3.05, 3.63) is 35.9 Å². The van der Waals surface area contributed by atoms with Crippen molar-refractivity contribution >= 4 is 23.7 Å². The molecule has 0 heterocycles. The van der Waals surface area contributed by atoms with Crippen molar-refractivity contribution in [2.45, 2.75) is 59.1 Å². The summed E-state index contributed by atoms with van der Waals surface area (Å²) in [7, 11) is 0. The third kappa shape index (κ3) is 8.21. The van der Waals surface area contributed by atoms with Crippen LogP contribution in [0.15, 0.2) is 30.3 Å². The van der Waals surface area contributed by atoms with Crippen LogP contribution in [0.1, 0.15) is 52.0 Å². The average Bonchev–Trinajstić information content (AvgIpc) is 2.69. The van der Waals surface area contributed by atoms with E-state index in [2.05, 4.69) is 0 Å². The van der Waals surface area contributed by atoms with Gasteiger partial charge in [-0.1, -0.05) is 57.0 Å². The van der Waals surface area contributed by atoms with Crippen molar-refractivity contribution < 1.29 is 19.1 Å². The highest BCUT2D eigenvalue weighted by Gasteiger charge is 2.35. The zero-order chi connectivity index (χ0) is 20.1. The number of amides is 1. The van der Waals surface area contributed by atoms with Crippen LogP contribution < -0.4 is 0 Å². The first-order valence-corrected chi connectivity index (χ1v) is 10.3. The summed E-state index contributed by atoms with van der Waals surface area (Å²) in [5, 5.41) is 0. The summed E-state index contributed by atoms with van der Waals surface area (Å²) < 4.78 is 10.7. The van der Waals surface area contributed by atoms with Gasteiger partial charge >= 0.3 is 12.1 Å². The van der Waals surface area contributed by atoms with Gasteiger partial charge in [-0.25, -0.2) is 9.59 Å². The minimum Gasteiger partial charge on any atom is -0.464 e. The summed E-state index contributed by atoms with van der Waals surface area (Å²) in [4.78, 5) is 26.9. The van der Waals surface area contributed by atoms with Crippen molar-refractivity contribution in [1.82, 2.24) is 4.90 Å². The lowest BCUT2D eigenvalue weighted by molar-refractivity contribution is -0.151. The smallest absolute Gasteiger partial charge is 0.410 e. The second kappa shape index (κ2) is 13.4. The quantitative estimate of drug-likeness (QED) is 0.282. The molecule has 1 aromatic carbocycles. The number of ether oxygens (including phenoxy) is 2. The van der Waals surface area contributed by atoms with Crippen LogP contribution >= 0.6 is 11.6 Å². The monoisotopic (exact) mass is 397 g/mol. The number of rotatable bonds is 12. The van der Waals surface area contributed by atoms with Gasteiger partial charge in [-0.05, 0) is 31.2 Å². The Labute approximate surface area is 168 Å². The van der Waals surface area contributed by atoms with Gasteiger partial charge in [-0.2, -0.15) is 0 Å². The van der Waals surface area contributed by atoms with E-state index in [4.69, 9.17) is 21.1 Å². The van der Waals surface area contributed by atoms with Gasteiger partial charge in [0.2, 0.25) is 0 Å². The molecule has 0 bridgehead atoms. The van der Waals surface area contributed by atoms with Crippen molar-refractivity contribution in [3.63, 3.8) is 0 Å². The predicted molar refractivity (Wildman–Crippen MR) is 108 cm³/mol. The van der Waals surface area contributed by atoms with Crippen LogP contribution in [0, 0.1) is 5.92 Å². The third-order valence-corrected chi connectivity index (χ3v) is 4.79. The van der Waals surface area contributed by atoms with Gasteiger partial charge in [0.15, 0.2) is 0 Å². The standard InChI is InChI=1S/C21H32ClNO4/c1-4-17(3)19(20(24)26-5-2)23(15-11-7-10-14-22)21(25)27-16-18-12-8-6-9-13-18/h6,8-9,12-13,17,19H,4-5,7,10-11,14-16H2,1-3H3/t17-,19-/m0/s1. The maximum atomic E-state index is 12.8. The Morgan fingerprint density at radius 1 is 1.07 bits per heavy atom. The summed E-state index contributed by atoms with van der Waals surface area (Å²) in [5.74, 6) is 0.188. The molecule has 0 saturated carbocycles. The maximum absolute atomic E-state index is 12.8. The highest BCUT2D eigenvalue weighted by Crippen LogP contribution is 2.19. The Hall–Kier alpha value is -1.75. The summed E-state index contributed by atoms with van der Waals surface area (Å²) in [6.45, 7) is 6.62. The minimum absolute atomic E-state index is 0.0265. The van der Waals surface area contributed by atoms with Gasteiger partial charge in [-0.3, -0.25) is 4.90 Å². The molecular weight excluding hydrogens is 366 g/mol. The topological polar surface area (TPSA) is 55.8 Å². The molecule has 0 aliphatic rings. The van der Waals surface area contributed by atoms with Crippen LogP contribution in [0.5, 0.6) is 0 Å². The highest BCUT2D eigenvalue weighted by molar-refractivity contribution is 6.17. The lowest BCUT2D eigenvalue weighted by atomic mass is 9.97. The number of unbranched alkanes of at least 4 members (excludes halogenated alkanes) is 2. The van der Waals surface area contributed by atoms with E-state index in [-0.39, 0.29) is 25.1 Å². The van der Waals surface area contributed by atoms with Crippen molar-refractivity contribution in [2.75, 3.05) is 19.0 Å². The minimum atomic E-state index is -0.644. The zero-order valence-corrected chi connectivity index (χ0v) is 17.4. The highest BCUT2D eigenvalue weighted by atomic mass is 35.5. The average molecular weight is 398 g/mol. The Balaban J connectivity index is 2.89. The molecule has 0 radical (unpaired) electrons. The number of carbonyl (C=O) groups is 2. The number of alkyl halides is 1. The molecule has 1 aromatic rings. The maximum Gasteiger partial charge on any atom is 0.410 e. The molecule has 5 nitrogen and oxygen atoms in total. The molecular formula is C21H32ClNO4. The van der Waals surface area contributed by atoms with Crippen LogP contribution in [0.4, 0.5) is 4.79 Å². The predicted octanol–water partition coefficient (Wildman–Crippen LogP) is 5.01. The summed E-state index contributed by atoms with van der Waals surface area (Å²) in [6.07, 6.45) is 2.81. The largest absolute Gasteiger partial charge is 0.464 e. The Morgan fingerprint density at radius 2 is 1.78 bits per heavy atom. The zero-order valence-electron chi connectivity index (χ0n) is 16.7. The second-order valence-corrected chi connectivity index (χ2v) is 6.94. The molecule has 0 aliphatic carbocycles. The van der Waals surface area contributed by atoms with Crippen LogP contribution in [-0.4, -0.2) is 42.0 Å². The number of benzene rings is 1. The number of hydrogen-bond donors (Lipinski definition) is 0. The molecule has 0 unspecified atom stereocenters.